The van der Waals surface area contributed by atoms with Crippen LogP contribution >= 0.6 is 0 Å². The van der Waals surface area contributed by atoms with Gasteiger partial charge in [-0.1, -0.05) is 32.9 Å². The molecule has 8 heteroatoms. The van der Waals surface area contributed by atoms with E-state index in [2.05, 4.69) is 18.7 Å². The molecule has 2 aliphatic rings. The molecule has 196 valence electrons. The van der Waals surface area contributed by atoms with E-state index in [1.807, 2.05) is 13.8 Å². The third-order valence-electron chi connectivity index (χ3n) is 7.49. The molecule has 3 atom stereocenters. The molecule has 2 aromatic rings. The molecule has 36 heavy (non-hydrogen) atoms. The van der Waals surface area contributed by atoms with Gasteiger partial charge in [0.2, 0.25) is 0 Å². The lowest BCUT2D eigenvalue weighted by molar-refractivity contribution is -0.169. The van der Waals surface area contributed by atoms with Crippen molar-refractivity contribution in [2.24, 2.45) is 17.8 Å². The summed E-state index contributed by atoms with van der Waals surface area (Å²) in [6.07, 6.45) is -0.440. The van der Waals surface area contributed by atoms with E-state index in [1.165, 1.54) is 13.0 Å². The second kappa shape index (κ2) is 10.1. The maximum Gasteiger partial charge on any atom is 0.395 e. The summed E-state index contributed by atoms with van der Waals surface area (Å²) in [5.74, 6) is -2.48. The summed E-state index contributed by atoms with van der Waals surface area (Å²) in [5.41, 5.74) is 0.367. The summed E-state index contributed by atoms with van der Waals surface area (Å²) in [5, 5.41) is 0.296. The van der Waals surface area contributed by atoms with Crippen LogP contribution in [0.1, 0.15) is 64.8 Å². The van der Waals surface area contributed by atoms with Crippen molar-refractivity contribution < 1.29 is 17.6 Å². The van der Waals surface area contributed by atoms with E-state index in [9.17, 15) is 22.4 Å². The van der Waals surface area contributed by atoms with Crippen molar-refractivity contribution in [1.82, 2.24) is 14.5 Å². The van der Waals surface area contributed by atoms with Gasteiger partial charge in [0.15, 0.2) is 0 Å². The van der Waals surface area contributed by atoms with E-state index in [1.54, 1.807) is 16.7 Å². The predicted molar refractivity (Wildman–Crippen MR) is 135 cm³/mol. The second-order valence-electron chi connectivity index (χ2n) is 10.9. The maximum atomic E-state index is 14.8. The van der Waals surface area contributed by atoms with Gasteiger partial charge in [-0.15, -0.1) is 0 Å². The lowest BCUT2D eigenvalue weighted by Crippen LogP contribution is -2.42. The molecule has 0 bridgehead atoms. The summed E-state index contributed by atoms with van der Waals surface area (Å²) >= 11 is 0. The van der Waals surface area contributed by atoms with Crippen molar-refractivity contribution in [3.8, 4) is 0 Å². The van der Waals surface area contributed by atoms with Crippen LogP contribution in [0.25, 0.3) is 16.5 Å². The largest absolute Gasteiger partial charge is 0.395 e. The molecule has 0 radical (unpaired) electrons. The van der Waals surface area contributed by atoms with Gasteiger partial charge in [0.25, 0.3) is 5.56 Å². The molecule has 0 N–H and O–H groups in total. The average Bonchev–Trinajstić information content (AvgIpc) is 2.80. The summed E-state index contributed by atoms with van der Waals surface area (Å²) in [6.45, 7) is 12.2. The zero-order chi connectivity index (χ0) is 26.4. The minimum atomic E-state index is -4.48. The van der Waals surface area contributed by atoms with Gasteiger partial charge in [-0.3, -0.25) is 9.36 Å². The smallest absolute Gasteiger partial charge is 0.301 e. The first-order chi connectivity index (χ1) is 16.9. The summed E-state index contributed by atoms with van der Waals surface area (Å²) in [6, 6.07) is 5.09. The number of hydrogen-bond donors (Lipinski definition) is 0. The third-order valence-corrected chi connectivity index (χ3v) is 7.49. The van der Waals surface area contributed by atoms with Gasteiger partial charge in [0.05, 0.1) is 16.8 Å². The molecule has 4 rings (SSSR count). The van der Waals surface area contributed by atoms with Gasteiger partial charge >= 0.3 is 6.18 Å². The van der Waals surface area contributed by atoms with Gasteiger partial charge in [0.1, 0.15) is 11.7 Å². The molecule has 1 saturated heterocycles. The Morgan fingerprint density at radius 1 is 1.14 bits per heavy atom. The zero-order valence-electron chi connectivity index (χ0n) is 21.6. The number of hydrogen-bond acceptors (Lipinski definition) is 3. The molecule has 0 amide bonds. The topological polar surface area (TPSA) is 38.1 Å². The molecule has 1 aliphatic carbocycles. The molecule has 0 spiro atoms. The van der Waals surface area contributed by atoms with Crippen LogP contribution in [0.4, 0.5) is 17.6 Å². The monoisotopic (exact) mass is 505 g/mol. The third kappa shape index (κ3) is 5.29. The predicted octanol–water partition coefficient (Wildman–Crippen LogP) is 6.71. The normalized spacial score (nSPS) is 23.9. The fourth-order valence-electron chi connectivity index (χ4n) is 5.46. The van der Waals surface area contributed by atoms with Crippen LogP contribution in [-0.2, 0) is 6.54 Å². The van der Waals surface area contributed by atoms with Crippen LogP contribution in [0.2, 0.25) is 0 Å². The molecule has 2 heterocycles. The van der Waals surface area contributed by atoms with E-state index in [0.29, 0.717) is 35.2 Å². The van der Waals surface area contributed by atoms with Gasteiger partial charge in [-0.05, 0) is 68.8 Å². The van der Waals surface area contributed by atoms with E-state index in [-0.39, 0.29) is 22.6 Å². The molecule has 1 aromatic carbocycles. The Bertz CT molecular complexity index is 1240. The van der Waals surface area contributed by atoms with E-state index < -0.39 is 23.8 Å². The van der Waals surface area contributed by atoms with Gasteiger partial charge in [0, 0.05) is 30.6 Å². The zero-order valence-corrected chi connectivity index (χ0v) is 21.6. The molecular weight excluding hydrogens is 470 g/mol. The van der Waals surface area contributed by atoms with Crippen LogP contribution in [0, 0.1) is 17.8 Å². The highest BCUT2D eigenvalue weighted by Gasteiger charge is 2.43. The number of nitrogens with zero attached hydrogens (tertiary/aromatic N) is 3. The minimum Gasteiger partial charge on any atom is -0.301 e. The summed E-state index contributed by atoms with van der Waals surface area (Å²) < 4.78 is 57.2. The van der Waals surface area contributed by atoms with E-state index >= 15 is 0 Å². The van der Waals surface area contributed by atoms with Gasteiger partial charge < -0.3 is 4.90 Å². The van der Waals surface area contributed by atoms with Crippen molar-refractivity contribution in [3.05, 3.63) is 57.9 Å². The molecule has 1 aliphatic heterocycles. The SMILES string of the molecule is CC(C)c1nc2ccc(C3=CC(C(F)(F)F)C(C)C=C3F)cc2c(=O)n1C[C@H]1CCCN(C(C)C)C1. The quantitative estimate of drug-likeness (QED) is 0.424. The number of piperidine rings is 1. The number of likely N-dealkylation sites (tertiary alicyclic amines) is 1. The highest BCUT2D eigenvalue weighted by Crippen LogP contribution is 2.42. The van der Waals surface area contributed by atoms with Crippen LogP contribution in [0.3, 0.4) is 0 Å². The molecule has 1 aromatic heterocycles. The summed E-state index contributed by atoms with van der Waals surface area (Å²) in [7, 11) is 0. The second-order valence-corrected chi connectivity index (χ2v) is 10.9. The highest BCUT2D eigenvalue weighted by atomic mass is 19.4. The fraction of sp³-hybridized carbons (Fsp3) is 0.571. The minimum absolute atomic E-state index is 0.0158. The Labute approximate surface area is 209 Å². The molecule has 2 unspecified atom stereocenters. The number of fused-ring (bicyclic) bond motifs is 1. The molecule has 0 saturated carbocycles. The first-order valence-corrected chi connectivity index (χ1v) is 12.8. The number of halogens is 4. The first kappa shape index (κ1) is 26.6. The Hall–Kier alpha value is -2.48. The number of rotatable bonds is 5. The van der Waals surface area contributed by atoms with Gasteiger partial charge in [-0.25, -0.2) is 9.37 Å². The first-order valence-electron chi connectivity index (χ1n) is 12.8. The van der Waals surface area contributed by atoms with Crippen LogP contribution < -0.4 is 5.56 Å². The maximum absolute atomic E-state index is 14.8. The van der Waals surface area contributed by atoms with Crippen molar-refractivity contribution in [2.45, 2.75) is 72.1 Å². The van der Waals surface area contributed by atoms with Crippen LogP contribution in [0.15, 0.2) is 41.0 Å². The van der Waals surface area contributed by atoms with E-state index in [0.717, 1.165) is 38.1 Å². The molecule has 4 nitrogen and oxygen atoms in total. The van der Waals surface area contributed by atoms with Crippen molar-refractivity contribution in [3.63, 3.8) is 0 Å². The lowest BCUT2D eigenvalue weighted by Gasteiger charge is -2.36. The van der Waals surface area contributed by atoms with Crippen LogP contribution in [-0.4, -0.2) is 39.8 Å². The van der Waals surface area contributed by atoms with Crippen LogP contribution in [0.5, 0.6) is 0 Å². The fourth-order valence-corrected chi connectivity index (χ4v) is 5.46. The lowest BCUT2D eigenvalue weighted by atomic mass is 9.84. The number of aromatic nitrogens is 2. The number of allylic oxidation sites excluding steroid dienone is 4. The van der Waals surface area contributed by atoms with E-state index in [4.69, 9.17) is 4.98 Å². The highest BCUT2D eigenvalue weighted by molar-refractivity contribution is 5.86. The van der Waals surface area contributed by atoms with Crippen molar-refractivity contribution in [2.75, 3.05) is 13.1 Å². The Balaban J connectivity index is 1.77. The number of alkyl halides is 3. The average molecular weight is 506 g/mol. The Morgan fingerprint density at radius 3 is 2.50 bits per heavy atom. The Kier molecular flexibility index (Phi) is 7.47. The van der Waals surface area contributed by atoms with Crippen molar-refractivity contribution >= 4 is 16.5 Å². The number of benzene rings is 1. The standard InChI is InChI=1S/C28H35F4N3O/c1-16(2)26-33-25-9-8-20(21-13-23(28(30,31)32)18(5)11-24(21)29)12-22(25)27(36)35(26)15-19-7-6-10-34(14-19)17(3)4/h8-9,11-13,16-19,23H,6-7,10,14-15H2,1-5H3/t18?,19-,23?/m0/s1. The van der Waals surface area contributed by atoms with Gasteiger partial charge in [-0.2, -0.15) is 13.2 Å². The summed E-state index contributed by atoms with van der Waals surface area (Å²) in [4.78, 5) is 20.9. The van der Waals surface area contributed by atoms with Crippen molar-refractivity contribution in [1.29, 1.82) is 0 Å². The Morgan fingerprint density at radius 2 is 1.86 bits per heavy atom. The molecule has 1 fully saturated rings. The molecular formula is C28H35F4N3O.